The number of fused-ring (bicyclic) bond motifs is 1. The van der Waals surface area contributed by atoms with E-state index in [9.17, 15) is 14.4 Å². The van der Waals surface area contributed by atoms with Gasteiger partial charge in [-0.3, -0.25) is 19.3 Å². The predicted molar refractivity (Wildman–Crippen MR) is 161 cm³/mol. The van der Waals surface area contributed by atoms with Crippen molar-refractivity contribution in [2.45, 2.75) is 50.6 Å². The standard InChI is InChI=1S/C33H42N4O5/c1-41-27-12-10-26(11-13-27)34-30(38)23-37-18-14-28-25(22-37)9-5-6-15-33(16-19-42-20-17-33)32(40)36-29(31(39)35-28)21-24-7-3-2-4-8-24/h2-8,10-13,25,28-29H,9,14-23H2,1H3,(H,34,38)(H,35,39)(H,36,40)/t25-,28-,29-/m0/s1. The molecule has 3 amide bonds. The molecule has 3 N–H and O–H groups in total. The smallest absolute Gasteiger partial charge is 0.243 e. The topological polar surface area (TPSA) is 109 Å². The molecule has 3 atom stereocenters. The minimum atomic E-state index is -0.669. The third kappa shape index (κ3) is 7.57. The predicted octanol–water partition coefficient (Wildman–Crippen LogP) is 3.31. The van der Waals surface area contributed by atoms with E-state index in [0.717, 1.165) is 29.8 Å². The average Bonchev–Trinajstić information content (AvgIpc) is 3.01. The van der Waals surface area contributed by atoms with E-state index in [4.69, 9.17) is 9.47 Å². The third-order valence-electron chi connectivity index (χ3n) is 8.84. The number of hydrogen-bond acceptors (Lipinski definition) is 6. The van der Waals surface area contributed by atoms with E-state index in [1.54, 1.807) is 7.11 Å². The molecule has 2 aromatic carbocycles. The lowest BCUT2D eigenvalue weighted by Crippen LogP contribution is -2.58. The summed E-state index contributed by atoms with van der Waals surface area (Å²) in [5.41, 5.74) is 1.14. The zero-order valence-electron chi connectivity index (χ0n) is 24.3. The fraction of sp³-hybridized carbons (Fsp3) is 0.485. The van der Waals surface area contributed by atoms with Gasteiger partial charge in [0.2, 0.25) is 17.7 Å². The van der Waals surface area contributed by atoms with E-state index >= 15 is 0 Å². The first-order valence-electron chi connectivity index (χ1n) is 15.0. The number of methoxy groups -OCH3 is 1. The highest BCUT2D eigenvalue weighted by atomic mass is 16.5. The number of nitrogens with zero attached hydrogens (tertiary/aromatic N) is 1. The Balaban J connectivity index is 1.29. The molecule has 3 aliphatic heterocycles. The number of nitrogens with one attached hydrogen (secondary N) is 3. The number of hydrogen-bond donors (Lipinski definition) is 3. The third-order valence-corrected chi connectivity index (χ3v) is 8.84. The van der Waals surface area contributed by atoms with E-state index in [1.165, 1.54) is 0 Å². The van der Waals surface area contributed by atoms with Crippen molar-refractivity contribution in [2.24, 2.45) is 11.3 Å². The van der Waals surface area contributed by atoms with Crippen LogP contribution in [-0.4, -0.2) is 74.7 Å². The summed E-state index contributed by atoms with van der Waals surface area (Å²) in [5.74, 6) is 0.589. The molecule has 0 aliphatic carbocycles. The molecule has 0 radical (unpaired) electrons. The van der Waals surface area contributed by atoms with E-state index in [0.29, 0.717) is 52.0 Å². The summed E-state index contributed by atoms with van der Waals surface area (Å²) < 4.78 is 10.8. The van der Waals surface area contributed by atoms with Crippen LogP contribution < -0.4 is 20.7 Å². The summed E-state index contributed by atoms with van der Waals surface area (Å²) in [6, 6.07) is 16.4. The highest BCUT2D eigenvalue weighted by Crippen LogP contribution is 2.36. The largest absolute Gasteiger partial charge is 0.497 e. The van der Waals surface area contributed by atoms with Gasteiger partial charge in [-0.25, -0.2) is 0 Å². The van der Waals surface area contributed by atoms with E-state index < -0.39 is 11.5 Å². The molecule has 2 aromatic rings. The van der Waals surface area contributed by atoms with Crippen molar-refractivity contribution >= 4 is 23.4 Å². The number of rotatable bonds is 6. The Hall–Kier alpha value is -3.69. The fourth-order valence-electron chi connectivity index (χ4n) is 6.28. The van der Waals surface area contributed by atoms with Gasteiger partial charge in [0.1, 0.15) is 11.8 Å². The van der Waals surface area contributed by atoms with Crippen LogP contribution in [0.2, 0.25) is 0 Å². The number of carbonyl (C=O) groups excluding carboxylic acids is 3. The molecule has 0 saturated carbocycles. The maximum absolute atomic E-state index is 13.8. The second-order valence-electron chi connectivity index (χ2n) is 11.7. The van der Waals surface area contributed by atoms with Crippen LogP contribution in [0.1, 0.15) is 37.7 Å². The molecule has 224 valence electrons. The quantitative estimate of drug-likeness (QED) is 0.457. The summed E-state index contributed by atoms with van der Waals surface area (Å²) >= 11 is 0. The molecule has 9 nitrogen and oxygen atoms in total. The van der Waals surface area contributed by atoms with Gasteiger partial charge in [0.15, 0.2) is 0 Å². The van der Waals surface area contributed by atoms with Crippen LogP contribution in [-0.2, 0) is 25.5 Å². The summed E-state index contributed by atoms with van der Waals surface area (Å²) in [6.07, 6.45) is 8.08. The first kappa shape index (κ1) is 29.8. The second-order valence-corrected chi connectivity index (χ2v) is 11.7. The number of allylic oxidation sites excluding steroid dienone is 2. The molecule has 3 heterocycles. The molecule has 2 saturated heterocycles. The van der Waals surface area contributed by atoms with Gasteiger partial charge in [0.05, 0.1) is 19.1 Å². The summed E-state index contributed by atoms with van der Waals surface area (Å²) in [6.45, 7) is 2.74. The minimum Gasteiger partial charge on any atom is -0.497 e. The minimum absolute atomic E-state index is 0.0466. The van der Waals surface area contributed by atoms with Crippen molar-refractivity contribution in [3.8, 4) is 5.75 Å². The van der Waals surface area contributed by atoms with Gasteiger partial charge < -0.3 is 25.4 Å². The van der Waals surface area contributed by atoms with E-state index in [-0.39, 0.29) is 36.2 Å². The molecular weight excluding hydrogens is 532 g/mol. The van der Waals surface area contributed by atoms with Crippen LogP contribution in [0.4, 0.5) is 5.69 Å². The average molecular weight is 575 g/mol. The van der Waals surface area contributed by atoms with Crippen LogP contribution in [0.5, 0.6) is 5.75 Å². The summed E-state index contributed by atoms with van der Waals surface area (Å²) in [4.78, 5) is 42.5. The summed E-state index contributed by atoms with van der Waals surface area (Å²) in [5, 5.41) is 9.41. The van der Waals surface area contributed by atoms with Crippen molar-refractivity contribution < 1.29 is 23.9 Å². The van der Waals surface area contributed by atoms with Gasteiger partial charge in [0.25, 0.3) is 0 Å². The lowest BCUT2D eigenvalue weighted by Gasteiger charge is -2.40. The van der Waals surface area contributed by atoms with Crippen LogP contribution in [0, 0.1) is 11.3 Å². The maximum Gasteiger partial charge on any atom is 0.243 e. The number of anilines is 1. The monoisotopic (exact) mass is 574 g/mol. The van der Waals surface area contributed by atoms with Crippen LogP contribution >= 0.6 is 0 Å². The zero-order chi connectivity index (χ0) is 29.4. The Labute approximate surface area is 248 Å². The first-order valence-corrected chi connectivity index (χ1v) is 15.0. The fourth-order valence-corrected chi connectivity index (χ4v) is 6.28. The number of carbonyl (C=O) groups is 3. The number of ether oxygens (including phenoxy) is 2. The van der Waals surface area contributed by atoms with Crippen molar-refractivity contribution in [1.29, 1.82) is 0 Å². The maximum atomic E-state index is 13.8. The van der Waals surface area contributed by atoms with Gasteiger partial charge in [-0.05, 0) is 67.9 Å². The van der Waals surface area contributed by atoms with Gasteiger partial charge in [0, 0.05) is 44.5 Å². The van der Waals surface area contributed by atoms with Crippen molar-refractivity contribution in [3.63, 3.8) is 0 Å². The molecular formula is C33H42N4O5. The Bertz CT molecular complexity index is 1240. The van der Waals surface area contributed by atoms with Gasteiger partial charge >= 0.3 is 0 Å². The SMILES string of the molecule is COc1ccc(NC(=O)CN2CC[C@@H]3NC(=O)[C@H](Cc4ccccc4)NC(=O)C4(CC=CC[C@H]3C2)CCOCC4)cc1. The number of benzene rings is 2. The normalized spacial score (nSPS) is 24.8. The van der Waals surface area contributed by atoms with Crippen molar-refractivity contribution in [1.82, 2.24) is 15.5 Å². The van der Waals surface area contributed by atoms with Crippen molar-refractivity contribution in [3.05, 3.63) is 72.3 Å². The van der Waals surface area contributed by atoms with E-state index in [2.05, 4.69) is 33.0 Å². The van der Waals surface area contributed by atoms with Crippen LogP contribution in [0.15, 0.2) is 66.7 Å². The molecule has 9 heteroatoms. The van der Waals surface area contributed by atoms with Crippen molar-refractivity contribution in [2.75, 3.05) is 45.3 Å². The lowest BCUT2D eigenvalue weighted by molar-refractivity contribution is -0.140. The summed E-state index contributed by atoms with van der Waals surface area (Å²) in [7, 11) is 1.61. The molecule has 0 bridgehead atoms. The van der Waals surface area contributed by atoms with Crippen LogP contribution in [0.3, 0.4) is 0 Å². The van der Waals surface area contributed by atoms with Gasteiger partial charge in [-0.15, -0.1) is 0 Å². The molecule has 3 aliphatic rings. The molecule has 42 heavy (non-hydrogen) atoms. The Morgan fingerprint density at radius 3 is 2.55 bits per heavy atom. The molecule has 0 aromatic heterocycles. The Kier molecular flexibility index (Phi) is 9.92. The molecule has 1 spiro atoms. The number of amides is 3. The number of likely N-dealkylation sites (tertiary alicyclic amines) is 1. The highest BCUT2D eigenvalue weighted by Gasteiger charge is 2.41. The van der Waals surface area contributed by atoms with Crippen LogP contribution in [0.25, 0.3) is 0 Å². The lowest BCUT2D eigenvalue weighted by atomic mass is 9.75. The molecule has 0 unspecified atom stereocenters. The van der Waals surface area contributed by atoms with Gasteiger partial charge in [-0.2, -0.15) is 0 Å². The molecule has 5 rings (SSSR count). The second kappa shape index (κ2) is 14.0. The highest BCUT2D eigenvalue weighted by molar-refractivity contribution is 5.92. The Morgan fingerprint density at radius 2 is 1.81 bits per heavy atom. The van der Waals surface area contributed by atoms with E-state index in [1.807, 2.05) is 54.6 Å². The molecule has 2 fully saturated rings. The zero-order valence-corrected chi connectivity index (χ0v) is 24.3. The van der Waals surface area contributed by atoms with Gasteiger partial charge in [-0.1, -0.05) is 42.5 Å². The number of piperidine rings is 1. The first-order chi connectivity index (χ1) is 20.4. The Morgan fingerprint density at radius 1 is 1.05 bits per heavy atom.